The third-order valence-electron chi connectivity index (χ3n) is 3.82. The van der Waals surface area contributed by atoms with Gasteiger partial charge in [-0.3, -0.25) is 4.79 Å². The normalized spacial score (nSPS) is 12.1. The fourth-order valence-corrected chi connectivity index (χ4v) is 5.01. The Hall–Kier alpha value is -1.75. The van der Waals surface area contributed by atoms with Gasteiger partial charge in [0, 0.05) is 25.1 Å². The van der Waals surface area contributed by atoms with Crippen LogP contribution in [0.2, 0.25) is 0 Å². The second kappa shape index (κ2) is 9.17. The fourth-order valence-electron chi connectivity index (χ4n) is 2.37. The molecule has 152 valence electrons. The number of sulfonamides is 1. The van der Waals surface area contributed by atoms with Gasteiger partial charge in [-0.25, -0.2) is 21.1 Å². The molecule has 2 aromatic rings. The molecular weight excluding hydrogens is 468 g/mol. The van der Waals surface area contributed by atoms with Crippen LogP contribution in [0.5, 0.6) is 0 Å². The summed E-state index contributed by atoms with van der Waals surface area (Å²) in [4.78, 5) is 12.1. The Morgan fingerprint density at radius 3 is 2.21 bits per heavy atom. The molecule has 10 heteroatoms. The van der Waals surface area contributed by atoms with E-state index in [0.29, 0.717) is 11.1 Å². The van der Waals surface area contributed by atoms with Crippen molar-refractivity contribution in [2.75, 3.05) is 19.8 Å². The van der Waals surface area contributed by atoms with E-state index in [0.717, 1.165) is 8.78 Å². The predicted molar refractivity (Wildman–Crippen MR) is 111 cm³/mol. The van der Waals surface area contributed by atoms with Crippen molar-refractivity contribution in [1.29, 1.82) is 0 Å². The van der Waals surface area contributed by atoms with Crippen LogP contribution in [0.3, 0.4) is 0 Å². The molecule has 0 atom stereocenters. The zero-order valence-corrected chi connectivity index (χ0v) is 18.6. The van der Waals surface area contributed by atoms with Crippen molar-refractivity contribution in [3.8, 4) is 0 Å². The van der Waals surface area contributed by atoms with E-state index in [4.69, 9.17) is 0 Å². The highest BCUT2D eigenvalue weighted by molar-refractivity contribution is 9.10. The van der Waals surface area contributed by atoms with E-state index >= 15 is 0 Å². The first-order valence-electron chi connectivity index (χ1n) is 8.23. The first-order chi connectivity index (χ1) is 13.0. The van der Waals surface area contributed by atoms with E-state index in [2.05, 4.69) is 21.2 Å². The second-order valence-electron chi connectivity index (χ2n) is 6.37. The van der Waals surface area contributed by atoms with Crippen LogP contribution in [-0.4, -0.2) is 46.9 Å². The van der Waals surface area contributed by atoms with Crippen LogP contribution in [0.15, 0.2) is 57.9 Å². The van der Waals surface area contributed by atoms with Gasteiger partial charge < -0.3 is 5.32 Å². The van der Waals surface area contributed by atoms with Crippen LogP contribution in [0.1, 0.15) is 11.1 Å². The lowest BCUT2D eigenvalue weighted by molar-refractivity contribution is -0.118. The molecule has 1 amide bonds. The van der Waals surface area contributed by atoms with Crippen molar-refractivity contribution in [3.05, 3.63) is 64.1 Å². The minimum absolute atomic E-state index is 0.105. The van der Waals surface area contributed by atoms with Gasteiger partial charge in [-0.2, -0.15) is 0 Å². The summed E-state index contributed by atoms with van der Waals surface area (Å²) in [6, 6.07) is 12.9. The van der Waals surface area contributed by atoms with Gasteiger partial charge in [0.25, 0.3) is 0 Å². The monoisotopic (exact) mass is 488 g/mol. The molecule has 0 radical (unpaired) electrons. The number of nitrogens with one attached hydrogen (secondary N) is 1. The van der Waals surface area contributed by atoms with Crippen LogP contribution in [-0.2, 0) is 37.0 Å². The number of carbonyl (C=O) groups is 1. The molecule has 0 unspecified atom stereocenters. The highest BCUT2D eigenvalue weighted by Gasteiger charge is 2.18. The Kier molecular flexibility index (Phi) is 7.38. The fraction of sp³-hybridized carbons (Fsp3) is 0.278. The van der Waals surface area contributed by atoms with Crippen molar-refractivity contribution in [2.45, 2.75) is 17.2 Å². The quantitative estimate of drug-likeness (QED) is 0.611. The summed E-state index contributed by atoms with van der Waals surface area (Å²) in [6.07, 6.45) is 0. The molecular formula is C18H21BrN2O5S2. The first-order valence-corrected chi connectivity index (χ1v) is 12.3. The van der Waals surface area contributed by atoms with E-state index in [1.54, 1.807) is 36.4 Å². The molecule has 0 aliphatic rings. The van der Waals surface area contributed by atoms with Crippen LogP contribution < -0.4 is 5.32 Å². The lowest BCUT2D eigenvalue weighted by atomic mass is 10.2. The summed E-state index contributed by atoms with van der Waals surface area (Å²) < 4.78 is 50.3. The van der Waals surface area contributed by atoms with Crippen molar-refractivity contribution in [2.24, 2.45) is 0 Å². The molecule has 2 aromatic carbocycles. The number of hydrogen-bond donors (Lipinski definition) is 1. The standard InChI is InChI=1S/C18H21BrN2O5S2/c1-21(2)28(25,26)17-8-6-14(7-9-17)11-20-18(22)13-27(23,24)12-15-4-3-5-16(19)10-15/h3-10H,11-13H2,1-2H3,(H,20,22). The average Bonchev–Trinajstić information content (AvgIpc) is 2.59. The number of carbonyl (C=O) groups excluding carboxylic acids is 1. The lowest BCUT2D eigenvalue weighted by Gasteiger charge is -2.12. The molecule has 0 aliphatic heterocycles. The SMILES string of the molecule is CN(C)S(=O)(=O)c1ccc(CNC(=O)CS(=O)(=O)Cc2cccc(Br)c2)cc1. The molecule has 0 heterocycles. The highest BCUT2D eigenvalue weighted by Crippen LogP contribution is 2.15. The van der Waals surface area contributed by atoms with Crippen molar-refractivity contribution in [3.63, 3.8) is 0 Å². The highest BCUT2D eigenvalue weighted by atomic mass is 79.9. The minimum Gasteiger partial charge on any atom is -0.351 e. The van der Waals surface area contributed by atoms with Crippen LogP contribution in [0.4, 0.5) is 0 Å². The van der Waals surface area contributed by atoms with Crippen LogP contribution >= 0.6 is 15.9 Å². The Morgan fingerprint density at radius 2 is 1.64 bits per heavy atom. The molecule has 0 fully saturated rings. The van der Waals surface area contributed by atoms with E-state index in [-0.39, 0.29) is 17.2 Å². The van der Waals surface area contributed by atoms with Crippen molar-refractivity contribution in [1.82, 2.24) is 9.62 Å². The van der Waals surface area contributed by atoms with Gasteiger partial charge in [0.15, 0.2) is 9.84 Å². The zero-order valence-electron chi connectivity index (χ0n) is 15.4. The summed E-state index contributed by atoms with van der Waals surface area (Å²) in [5.41, 5.74) is 1.26. The summed E-state index contributed by atoms with van der Waals surface area (Å²) >= 11 is 3.28. The third-order valence-corrected chi connectivity index (χ3v) is 7.62. The summed E-state index contributed by atoms with van der Waals surface area (Å²) in [5, 5.41) is 2.55. The molecule has 0 saturated carbocycles. The Balaban J connectivity index is 1.93. The molecule has 28 heavy (non-hydrogen) atoms. The zero-order chi connectivity index (χ0) is 20.9. The number of amides is 1. The van der Waals surface area contributed by atoms with Gasteiger partial charge in [-0.1, -0.05) is 40.2 Å². The molecule has 0 spiro atoms. The Morgan fingerprint density at radius 1 is 1.00 bits per heavy atom. The van der Waals surface area contributed by atoms with Crippen LogP contribution in [0, 0.1) is 0 Å². The number of hydrogen-bond acceptors (Lipinski definition) is 5. The molecule has 0 bridgehead atoms. The summed E-state index contributed by atoms with van der Waals surface area (Å²) in [5.74, 6) is -1.45. The van der Waals surface area contributed by atoms with Crippen molar-refractivity contribution < 1.29 is 21.6 Å². The maximum absolute atomic E-state index is 12.2. The molecule has 0 saturated heterocycles. The first kappa shape index (κ1) is 22.5. The Labute approximate surface area is 173 Å². The summed E-state index contributed by atoms with van der Waals surface area (Å²) in [7, 11) is -4.24. The maximum Gasteiger partial charge on any atom is 0.242 e. The van der Waals surface area contributed by atoms with Gasteiger partial charge in [-0.05, 0) is 35.4 Å². The number of nitrogens with zero attached hydrogens (tertiary/aromatic N) is 1. The number of rotatable bonds is 8. The Bertz CT molecular complexity index is 1050. The van der Waals surface area contributed by atoms with E-state index in [1.807, 2.05) is 0 Å². The van der Waals surface area contributed by atoms with Crippen molar-refractivity contribution >= 4 is 41.7 Å². The van der Waals surface area contributed by atoms with Gasteiger partial charge in [-0.15, -0.1) is 0 Å². The maximum atomic E-state index is 12.2. The number of benzene rings is 2. The second-order valence-corrected chi connectivity index (χ2v) is 11.5. The van der Waals surface area contributed by atoms with Gasteiger partial charge in [0.1, 0.15) is 5.75 Å². The molecule has 1 N–H and O–H groups in total. The van der Waals surface area contributed by atoms with Gasteiger partial charge in [0.05, 0.1) is 10.6 Å². The van der Waals surface area contributed by atoms with E-state index in [9.17, 15) is 21.6 Å². The van der Waals surface area contributed by atoms with Gasteiger partial charge >= 0.3 is 0 Å². The largest absolute Gasteiger partial charge is 0.351 e. The topological polar surface area (TPSA) is 101 Å². The number of sulfone groups is 1. The smallest absolute Gasteiger partial charge is 0.242 e. The minimum atomic E-state index is -3.61. The average molecular weight is 489 g/mol. The lowest BCUT2D eigenvalue weighted by Crippen LogP contribution is -2.30. The molecule has 7 nitrogen and oxygen atoms in total. The van der Waals surface area contributed by atoms with Gasteiger partial charge in [0.2, 0.25) is 15.9 Å². The van der Waals surface area contributed by atoms with E-state index < -0.39 is 31.5 Å². The molecule has 0 aromatic heterocycles. The number of halogens is 1. The predicted octanol–water partition coefficient (Wildman–Crippen LogP) is 1.93. The molecule has 2 rings (SSSR count). The third kappa shape index (κ3) is 6.40. The summed E-state index contributed by atoms with van der Waals surface area (Å²) in [6.45, 7) is 0.105. The molecule has 0 aliphatic carbocycles. The van der Waals surface area contributed by atoms with Crippen LogP contribution in [0.25, 0.3) is 0 Å². The van der Waals surface area contributed by atoms with E-state index in [1.165, 1.54) is 26.2 Å².